The predicted molar refractivity (Wildman–Crippen MR) is 129 cm³/mol. The Labute approximate surface area is 200 Å². The van der Waals surface area contributed by atoms with E-state index in [2.05, 4.69) is 31.9 Å². The van der Waals surface area contributed by atoms with Gasteiger partial charge in [-0.3, -0.25) is 4.68 Å². The molecule has 0 spiro atoms. The van der Waals surface area contributed by atoms with Gasteiger partial charge in [-0.15, -0.1) is 11.6 Å². The number of allylic oxidation sites excluding steroid dienone is 1. The molecule has 1 unspecified atom stereocenters. The highest BCUT2D eigenvalue weighted by molar-refractivity contribution is 6.18. The van der Waals surface area contributed by atoms with Crippen molar-refractivity contribution >= 4 is 29.1 Å². The van der Waals surface area contributed by atoms with Crippen molar-refractivity contribution in [1.29, 1.82) is 5.26 Å². The summed E-state index contributed by atoms with van der Waals surface area (Å²) in [5.74, 6) is 0.450. The van der Waals surface area contributed by atoms with Crippen LogP contribution in [0.3, 0.4) is 0 Å². The van der Waals surface area contributed by atoms with Crippen molar-refractivity contribution in [2.75, 3.05) is 12.5 Å². The maximum Gasteiger partial charge on any atom is 0.511 e. The van der Waals surface area contributed by atoms with Gasteiger partial charge in [0.1, 0.15) is 23.9 Å². The number of carbonyl (C=O) groups is 1. The number of halogens is 1. The lowest BCUT2D eigenvalue weighted by atomic mass is 9.86. The monoisotopic (exact) mass is 473 g/mol. The van der Waals surface area contributed by atoms with Gasteiger partial charge in [0.15, 0.2) is 5.76 Å². The van der Waals surface area contributed by atoms with Gasteiger partial charge >= 0.3 is 6.16 Å². The summed E-state index contributed by atoms with van der Waals surface area (Å²) in [5.41, 5.74) is 4.50. The summed E-state index contributed by atoms with van der Waals surface area (Å²) in [4.78, 5) is 11.9. The van der Waals surface area contributed by atoms with Crippen molar-refractivity contribution < 1.29 is 19.0 Å². The summed E-state index contributed by atoms with van der Waals surface area (Å²) >= 11 is 5.55. The quantitative estimate of drug-likeness (QED) is 0.154. The van der Waals surface area contributed by atoms with Crippen molar-refractivity contribution in [1.82, 2.24) is 9.78 Å². The van der Waals surface area contributed by atoms with Crippen LogP contribution in [-0.4, -0.2) is 34.7 Å². The largest absolute Gasteiger partial charge is 0.511 e. The first-order valence-corrected chi connectivity index (χ1v) is 11.4. The molecule has 0 aliphatic carbocycles. The van der Waals surface area contributed by atoms with Crippen molar-refractivity contribution in [2.45, 2.75) is 66.7 Å². The fraction of sp³-hybridized carbons (Fsp3) is 0.480. The number of hydrogen-bond donors (Lipinski definition) is 0. The fourth-order valence-corrected chi connectivity index (χ4v) is 3.36. The van der Waals surface area contributed by atoms with Gasteiger partial charge < -0.3 is 14.2 Å². The second-order valence-electron chi connectivity index (χ2n) is 8.61. The van der Waals surface area contributed by atoms with E-state index < -0.39 is 12.4 Å². The number of benzene rings is 1. The summed E-state index contributed by atoms with van der Waals surface area (Å²) < 4.78 is 17.9. The van der Waals surface area contributed by atoms with E-state index in [9.17, 15) is 10.1 Å². The van der Waals surface area contributed by atoms with Crippen molar-refractivity contribution in [2.24, 2.45) is 0 Å². The van der Waals surface area contributed by atoms with Crippen LogP contribution >= 0.6 is 11.6 Å². The second kappa shape index (κ2) is 11.2. The third-order valence-electron chi connectivity index (χ3n) is 5.16. The molecule has 0 saturated heterocycles. The highest BCUT2D eigenvalue weighted by atomic mass is 35.5. The minimum atomic E-state index is -1.01. The van der Waals surface area contributed by atoms with Crippen LogP contribution in [0.15, 0.2) is 24.3 Å². The van der Waals surface area contributed by atoms with Crippen molar-refractivity contribution in [3.05, 3.63) is 52.3 Å². The molecule has 0 amide bonds. The summed E-state index contributed by atoms with van der Waals surface area (Å²) in [6.07, 6.45) is -1.91. The van der Waals surface area contributed by atoms with E-state index in [0.717, 1.165) is 16.8 Å². The SMILES string of the molecule is CCn1nc(C)c(C)c1/C(OC(C)OC(=O)OCCCl)=C(\C#N)c1ccc(C(C)(C)C)cc1. The van der Waals surface area contributed by atoms with E-state index >= 15 is 0 Å². The van der Waals surface area contributed by atoms with Crippen LogP contribution in [0, 0.1) is 25.2 Å². The Bertz CT molecular complexity index is 1040. The number of aromatic nitrogens is 2. The van der Waals surface area contributed by atoms with Crippen LogP contribution in [-0.2, 0) is 26.2 Å². The fourth-order valence-electron chi connectivity index (χ4n) is 3.29. The van der Waals surface area contributed by atoms with Gasteiger partial charge in [0.05, 0.1) is 11.6 Å². The van der Waals surface area contributed by atoms with E-state index in [4.69, 9.17) is 25.8 Å². The molecular weight excluding hydrogens is 442 g/mol. The summed E-state index contributed by atoms with van der Waals surface area (Å²) in [6, 6.07) is 10.1. The standard InChI is InChI=1S/C25H32ClN3O4/c1-8-29-22(16(2)17(3)28-29)23(32-18(4)33-24(30)31-14-13-26)21(15-27)19-9-11-20(12-10-19)25(5,6)7/h9-12,18H,8,13-14H2,1-7H3/b23-21-. The normalized spacial score (nSPS) is 13.1. The summed E-state index contributed by atoms with van der Waals surface area (Å²) in [6.45, 7) is 14.3. The molecule has 0 bridgehead atoms. The Morgan fingerprint density at radius 1 is 1.21 bits per heavy atom. The van der Waals surface area contributed by atoms with Gasteiger partial charge in [-0.1, -0.05) is 45.0 Å². The van der Waals surface area contributed by atoms with Crippen LogP contribution in [0.5, 0.6) is 0 Å². The topological polar surface area (TPSA) is 86.4 Å². The maximum atomic E-state index is 11.9. The molecule has 0 aliphatic heterocycles. The summed E-state index contributed by atoms with van der Waals surface area (Å²) in [5, 5.41) is 14.7. The number of rotatable bonds is 8. The van der Waals surface area contributed by atoms with Gasteiger partial charge in [0, 0.05) is 19.0 Å². The number of nitriles is 1. The number of nitrogens with zero attached hydrogens (tertiary/aromatic N) is 3. The number of carbonyl (C=O) groups excluding carboxylic acids is 1. The Kier molecular flexibility index (Phi) is 8.95. The molecule has 1 aromatic heterocycles. The maximum absolute atomic E-state index is 11.9. The van der Waals surface area contributed by atoms with Gasteiger partial charge in [0.25, 0.3) is 0 Å². The molecule has 0 saturated carbocycles. The predicted octanol–water partition coefficient (Wildman–Crippen LogP) is 5.96. The Hall–Kier alpha value is -2.98. The van der Waals surface area contributed by atoms with Crippen LogP contribution in [0.1, 0.15) is 62.7 Å². The molecule has 2 aromatic rings. The zero-order chi connectivity index (χ0) is 24.8. The lowest BCUT2D eigenvalue weighted by Gasteiger charge is -2.21. The lowest BCUT2D eigenvalue weighted by Crippen LogP contribution is -2.20. The van der Waals surface area contributed by atoms with Crippen LogP contribution in [0.2, 0.25) is 0 Å². The van der Waals surface area contributed by atoms with E-state index in [0.29, 0.717) is 29.1 Å². The Balaban J connectivity index is 2.59. The smallest absolute Gasteiger partial charge is 0.451 e. The molecule has 0 fully saturated rings. The molecule has 33 heavy (non-hydrogen) atoms. The molecular formula is C25H32ClN3O4. The van der Waals surface area contributed by atoms with Gasteiger partial charge in [-0.25, -0.2) is 4.79 Å². The molecule has 8 heteroatoms. The molecule has 0 radical (unpaired) electrons. The van der Waals surface area contributed by atoms with E-state index in [1.165, 1.54) is 0 Å². The van der Waals surface area contributed by atoms with Crippen molar-refractivity contribution in [3.8, 4) is 6.07 Å². The van der Waals surface area contributed by atoms with E-state index in [1.807, 2.05) is 45.0 Å². The first-order chi connectivity index (χ1) is 15.5. The molecule has 0 aliphatic rings. The van der Waals surface area contributed by atoms with Crippen LogP contribution in [0.4, 0.5) is 4.79 Å². The molecule has 1 aromatic carbocycles. The zero-order valence-electron chi connectivity index (χ0n) is 20.4. The van der Waals surface area contributed by atoms with Crippen LogP contribution < -0.4 is 0 Å². The molecule has 1 heterocycles. The minimum absolute atomic E-state index is 0.0192. The first kappa shape index (κ1) is 26.3. The van der Waals surface area contributed by atoms with E-state index in [1.54, 1.807) is 11.6 Å². The molecule has 178 valence electrons. The van der Waals surface area contributed by atoms with Gasteiger partial charge in [-0.05, 0) is 37.3 Å². The zero-order valence-corrected chi connectivity index (χ0v) is 21.1. The average Bonchev–Trinajstić information content (AvgIpc) is 3.05. The molecule has 7 nitrogen and oxygen atoms in total. The highest BCUT2D eigenvalue weighted by Crippen LogP contribution is 2.33. The van der Waals surface area contributed by atoms with E-state index in [-0.39, 0.29) is 17.9 Å². The van der Waals surface area contributed by atoms with Gasteiger partial charge in [-0.2, -0.15) is 10.4 Å². The Morgan fingerprint density at radius 3 is 2.36 bits per heavy atom. The van der Waals surface area contributed by atoms with Crippen molar-refractivity contribution in [3.63, 3.8) is 0 Å². The minimum Gasteiger partial charge on any atom is -0.451 e. The first-order valence-electron chi connectivity index (χ1n) is 10.9. The number of ether oxygens (including phenoxy) is 3. The average molecular weight is 474 g/mol. The highest BCUT2D eigenvalue weighted by Gasteiger charge is 2.25. The third kappa shape index (κ3) is 6.52. The lowest BCUT2D eigenvalue weighted by molar-refractivity contribution is -0.0659. The Morgan fingerprint density at radius 2 is 1.85 bits per heavy atom. The number of aryl methyl sites for hydroxylation is 2. The number of hydrogen-bond acceptors (Lipinski definition) is 6. The van der Waals surface area contributed by atoms with Gasteiger partial charge in [0.2, 0.25) is 6.29 Å². The second-order valence-corrected chi connectivity index (χ2v) is 8.99. The molecule has 0 N–H and O–H groups in total. The number of alkyl halides is 1. The third-order valence-corrected chi connectivity index (χ3v) is 5.32. The summed E-state index contributed by atoms with van der Waals surface area (Å²) in [7, 11) is 0. The molecule has 2 rings (SSSR count). The van der Waals surface area contributed by atoms with Crippen LogP contribution in [0.25, 0.3) is 11.3 Å². The molecule has 1 atom stereocenters.